The van der Waals surface area contributed by atoms with Gasteiger partial charge in [0.15, 0.2) is 0 Å². The van der Waals surface area contributed by atoms with Crippen molar-refractivity contribution >= 4 is 22.8 Å². The van der Waals surface area contributed by atoms with Crippen molar-refractivity contribution in [3.8, 4) is 17.0 Å². The van der Waals surface area contributed by atoms with Gasteiger partial charge in [0.1, 0.15) is 41.4 Å². The Morgan fingerprint density at radius 3 is 2.73 bits per heavy atom. The molecule has 11 heteroatoms. The molecule has 1 aliphatic carbocycles. The summed E-state index contributed by atoms with van der Waals surface area (Å²) in [5.41, 5.74) is 2.13. The van der Waals surface area contributed by atoms with E-state index in [1.54, 1.807) is 26.0 Å². The van der Waals surface area contributed by atoms with E-state index in [0.717, 1.165) is 12.8 Å². The van der Waals surface area contributed by atoms with Crippen molar-refractivity contribution in [1.29, 1.82) is 0 Å². The highest BCUT2D eigenvalue weighted by atomic mass is 19.1. The van der Waals surface area contributed by atoms with E-state index in [1.807, 2.05) is 0 Å². The van der Waals surface area contributed by atoms with E-state index in [0.29, 0.717) is 35.0 Å². The lowest BCUT2D eigenvalue weighted by Crippen LogP contribution is -2.42. The maximum atomic E-state index is 15.4. The Hall–Kier alpha value is -3.60. The molecule has 0 bridgehead atoms. The predicted octanol–water partition coefficient (Wildman–Crippen LogP) is 2.83. The molecule has 3 N–H and O–H groups in total. The minimum atomic E-state index is -1.49. The fraction of sp³-hybridized carbons (Fsp3) is 0.462. The number of ether oxygens (including phenoxy) is 1. The van der Waals surface area contributed by atoms with Gasteiger partial charge in [-0.15, -0.1) is 0 Å². The number of nitrogens with one attached hydrogen (secondary N) is 2. The third kappa shape index (κ3) is 4.75. The second-order valence-corrected chi connectivity index (χ2v) is 9.91. The quantitative estimate of drug-likeness (QED) is 0.447. The number of aromatic nitrogens is 3. The molecule has 2 amide bonds. The molecular weight excluding hydrogens is 484 g/mol. The third-order valence-electron chi connectivity index (χ3n) is 6.94. The lowest BCUT2D eigenvalue weighted by molar-refractivity contribution is -0.138. The zero-order valence-corrected chi connectivity index (χ0v) is 20.8. The predicted molar refractivity (Wildman–Crippen MR) is 131 cm³/mol. The number of fused-ring (bicyclic) bond motifs is 1. The number of carbonyl (C=O) groups is 2. The van der Waals surface area contributed by atoms with Gasteiger partial charge in [-0.25, -0.2) is 18.7 Å². The molecule has 2 fully saturated rings. The molecule has 1 saturated heterocycles. The number of aliphatic hydroxyl groups excluding tert-OH is 1. The molecule has 1 aromatic carbocycles. The highest BCUT2D eigenvalue weighted by molar-refractivity contribution is 6.09. The summed E-state index contributed by atoms with van der Waals surface area (Å²) in [4.78, 5) is 38.2. The maximum absolute atomic E-state index is 15.4. The second-order valence-electron chi connectivity index (χ2n) is 9.91. The number of aliphatic hydroxyl groups is 1. The lowest BCUT2D eigenvalue weighted by Gasteiger charge is -2.18. The van der Waals surface area contributed by atoms with Gasteiger partial charge < -0.3 is 25.0 Å². The van der Waals surface area contributed by atoms with E-state index >= 15 is 4.39 Å². The van der Waals surface area contributed by atoms with E-state index in [2.05, 4.69) is 20.3 Å². The number of benzene rings is 1. The number of aryl methyl sites for hydroxylation is 2. The zero-order chi connectivity index (χ0) is 26.4. The molecule has 3 aromatic rings. The maximum Gasteiger partial charge on any atom is 0.255 e. The number of alkyl halides is 1. The van der Waals surface area contributed by atoms with Crippen molar-refractivity contribution in [3.05, 3.63) is 41.1 Å². The van der Waals surface area contributed by atoms with E-state index in [1.165, 1.54) is 18.2 Å². The Morgan fingerprint density at radius 1 is 1.27 bits per heavy atom. The molecule has 196 valence electrons. The first-order chi connectivity index (χ1) is 17.7. The van der Waals surface area contributed by atoms with Crippen LogP contribution in [0.2, 0.25) is 0 Å². The molecule has 9 nitrogen and oxygen atoms in total. The topological polar surface area (TPSA) is 120 Å². The van der Waals surface area contributed by atoms with Crippen molar-refractivity contribution < 1.29 is 28.2 Å². The molecule has 0 unspecified atom stereocenters. The number of hydrogen-bond donors (Lipinski definition) is 3. The van der Waals surface area contributed by atoms with Crippen LogP contribution in [0.25, 0.3) is 22.3 Å². The summed E-state index contributed by atoms with van der Waals surface area (Å²) in [6.07, 6.45) is 0.677. The van der Waals surface area contributed by atoms with Gasteiger partial charge in [-0.2, -0.15) is 0 Å². The fourth-order valence-corrected chi connectivity index (χ4v) is 4.67. The van der Waals surface area contributed by atoms with Crippen LogP contribution in [-0.4, -0.2) is 74.8 Å². The summed E-state index contributed by atoms with van der Waals surface area (Å²) in [6, 6.07) is 2.42. The summed E-state index contributed by atoms with van der Waals surface area (Å²) < 4.78 is 36.0. The number of amides is 2. The standard InChI is InChI=1S/C26H29F2N5O4/c1-12-4-7-18(37-10-15-5-6-15)20(21(12)28)23-24-22(29-11-30-23)19(13(2)31-24)25(35)32-17-9-33(8-16(17)27)26(36)14(3)34/h4,7,11,14-17,31,34H,5-6,8-10H2,1-3H3,(H,32,35)/t14-,16+,17+/m0/s1. The van der Waals surface area contributed by atoms with Crippen LogP contribution in [-0.2, 0) is 4.79 Å². The Kier molecular flexibility index (Phi) is 6.57. The van der Waals surface area contributed by atoms with Crippen LogP contribution in [0.15, 0.2) is 18.5 Å². The molecule has 0 radical (unpaired) electrons. The molecule has 37 heavy (non-hydrogen) atoms. The van der Waals surface area contributed by atoms with Crippen LogP contribution in [0.4, 0.5) is 8.78 Å². The first kappa shape index (κ1) is 25.1. The average Bonchev–Trinajstić information content (AvgIpc) is 3.53. The number of H-pyrrole nitrogens is 1. The SMILES string of the molecule is Cc1ccc(OCC2CC2)c(-c2ncnc3c(C(=O)N[C@@H]4CN(C(=O)[C@H](C)O)C[C@H]4F)c(C)[nH]c23)c1F. The van der Waals surface area contributed by atoms with Crippen LogP contribution in [0, 0.1) is 25.6 Å². The van der Waals surface area contributed by atoms with Crippen molar-refractivity contribution in [2.75, 3.05) is 19.7 Å². The lowest BCUT2D eigenvalue weighted by atomic mass is 10.0. The number of carbonyl (C=O) groups excluding carboxylic acids is 2. The van der Waals surface area contributed by atoms with E-state index in [9.17, 15) is 19.1 Å². The Balaban J connectivity index is 1.47. The minimum Gasteiger partial charge on any atom is -0.492 e. The van der Waals surface area contributed by atoms with Gasteiger partial charge in [-0.3, -0.25) is 9.59 Å². The van der Waals surface area contributed by atoms with Crippen LogP contribution >= 0.6 is 0 Å². The number of rotatable bonds is 7. The van der Waals surface area contributed by atoms with Gasteiger partial charge in [0.2, 0.25) is 0 Å². The summed E-state index contributed by atoms with van der Waals surface area (Å²) in [6.45, 7) is 4.84. The zero-order valence-electron chi connectivity index (χ0n) is 20.8. The molecule has 1 saturated carbocycles. The van der Waals surface area contributed by atoms with E-state index < -0.39 is 35.9 Å². The van der Waals surface area contributed by atoms with Gasteiger partial charge in [0.25, 0.3) is 11.8 Å². The molecule has 2 aliphatic rings. The summed E-state index contributed by atoms with van der Waals surface area (Å²) >= 11 is 0. The first-order valence-corrected chi connectivity index (χ1v) is 12.3. The number of likely N-dealkylation sites (tertiary alicyclic amines) is 1. The van der Waals surface area contributed by atoms with Gasteiger partial charge in [-0.1, -0.05) is 6.07 Å². The molecule has 3 heterocycles. The van der Waals surface area contributed by atoms with E-state index in [4.69, 9.17) is 4.74 Å². The molecular formula is C26H29F2N5O4. The highest BCUT2D eigenvalue weighted by Gasteiger charge is 2.38. The highest BCUT2D eigenvalue weighted by Crippen LogP contribution is 2.39. The van der Waals surface area contributed by atoms with Crippen molar-refractivity contribution in [1.82, 2.24) is 25.2 Å². The first-order valence-electron chi connectivity index (χ1n) is 12.3. The number of hydrogen-bond acceptors (Lipinski definition) is 6. The molecule has 2 aromatic heterocycles. The number of halogens is 2. The Morgan fingerprint density at radius 2 is 2.03 bits per heavy atom. The smallest absolute Gasteiger partial charge is 0.255 e. The van der Waals surface area contributed by atoms with Crippen LogP contribution < -0.4 is 10.1 Å². The van der Waals surface area contributed by atoms with Gasteiger partial charge in [0, 0.05) is 12.2 Å². The fourth-order valence-electron chi connectivity index (χ4n) is 4.67. The Labute approximate surface area is 212 Å². The van der Waals surface area contributed by atoms with Gasteiger partial charge in [0.05, 0.1) is 35.8 Å². The van der Waals surface area contributed by atoms with Crippen LogP contribution in [0.5, 0.6) is 5.75 Å². The number of nitrogens with zero attached hydrogens (tertiary/aromatic N) is 3. The Bertz CT molecular complexity index is 1370. The normalized spacial score (nSPS) is 20.3. The van der Waals surface area contributed by atoms with Gasteiger partial charge in [-0.05, 0) is 51.2 Å². The van der Waals surface area contributed by atoms with Crippen molar-refractivity contribution in [3.63, 3.8) is 0 Å². The summed E-state index contributed by atoms with van der Waals surface area (Å²) in [5.74, 6) is -0.822. The van der Waals surface area contributed by atoms with E-state index in [-0.39, 0.29) is 35.4 Å². The monoisotopic (exact) mass is 513 g/mol. The molecule has 3 atom stereocenters. The average molecular weight is 514 g/mol. The summed E-state index contributed by atoms with van der Waals surface area (Å²) in [5, 5.41) is 12.2. The molecule has 1 aliphatic heterocycles. The molecule has 5 rings (SSSR count). The molecule has 0 spiro atoms. The second kappa shape index (κ2) is 9.70. The van der Waals surface area contributed by atoms with Crippen LogP contribution in [0.3, 0.4) is 0 Å². The van der Waals surface area contributed by atoms with Crippen molar-refractivity contribution in [2.24, 2.45) is 5.92 Å². The largest absolute Gasteiger partial charge is 0.492 e. The summed E-state index contributed by atoms with van der Waals surface area (Å²) in [7, 11) is 0. The third-order valence-corrected chi connectivity index (χ3v) is 6.94. The number of aromatic amines is 1. The van der Waals surface area contributed by atoms with Crippen molar-refractivity contribution in [2.45, 2.75) is 51.9 Å². The minimum absolute atomic E-state index is 0.0610. The van der Waals surface area contributed by atoms with Crippen LogP contribution in [0.1, 0.15) is 41.4 Å². The van der Waals surface area contributed by atoms with Gasteiger partial charge >= 0.3 is 0 Å².